The summed E-state index contributed by atoms with van der Waals surface area (Å²) < 4.78 is 32.8. The number of nitrogens with zero attached hydrogens (tertiary/aromatic N) is 2. The Bertz CT molecular complexity index is 1250. The third-order valence-corrected chi connectivity index (χ3v) is 6.45. The van der Waals surface area contributed by atoms with Crippen molar-refractivity contribution in [1.29, 1.82) is 0 Å². The second kappa shape index (κ2) is 9.67. The fraction of sp³-hybridized carbons (Fsp3) is 0.0952. The third kappa shape index (κ3) is 4.98. The molecule has 3 aromatic rings. The first kappa shape index (κ1) is 23.0. The van der Waals surface area contributed by atoms with E-state index in [2.05, 4.69) is 5.32 Å². The van der Waals surface area contributed by atoms with Crippen LogP contribution in [0, 0.1) is 10.1 Å². The zero-order valence-electron chi connectivity index (χ0n) is 16.8. The van der Waals surface area contributed by atoms with Crippen LogP contribution in [0.2, 0.25) is 5.02 Å². The molecule has 0 heterocycles. The Morgan fingerprint density at radius 2 is 1.75 bits per heavy atom. The fourth-order valence-corrected chi connectivity index (χ4v) is 4.71. The zero-order chi connectivity index (χ0) is 23.3. The quantitative estimate of drug-likeness (QED) is 0.387. The van der Waals surface area contributed by atoms with E-state index in [9.17, 15) is 23.3 Å². The van der Waals surface area contributed by atoms with E-state index in [4.69, 9.17) is 16.3 Å². The number of ether oxygens (including phenoxy) is 1. The maximum Gasteiger partial charge on any atom is 0.289 e. The number of methoxy groups -OCH3 is 1. The number of nitrogens with one attached hydrogen (secondary N) is 1. The first-order valence-corrected chi connectivity index (χ1v) is 11.0. The molecule has 3 aromatic carbocycles. The van der Waals surface area contributed by atoms with Crippen LogP contribution in [-0.2, 0) is 14.8 Å². The lowest BCUT2D eigenvalue weighted by atomic mass is 10.3. The molecule has 0 spiro atoms. The Hall–Kier alpha value is -3.63. The van der Waals surface area contributed by atoms with Crippen molar-refractivity contribution in [1.82, 2.24) is 0 Å². The number of sulfonamides is 1. The molecule has 0 saturated heterocycles. The van der Waals surface area contributed by atoms with Crippen molar-refractivity contribution in [3.8, 4) is 5.75 Å². The van der Waals surface area contributed by atoms with Gasteiger partial charge in [-0.25, -0.2) is 8.42 Å². The molecule has 32 heavy (non-hydrogen) atoms. The average molecular weight is 476 g/mol. The highest BCUT2D eigenvalue weighted by atomic mass is 35.5. The Morgan fingerprint density at radius 3 is 2.41 bits per heavy atom. The smallest absolute Gasteiger partial charge is 0.289 e. The van der Waals surface area contributed by atoms with E-state index in [0.29, 0.717) is 10.8 Å². The number of benzene rings is 3. The molecule has 1 amide bonds. The molecule has 0 aromatic heterocycles. The van der Waals surface area contributed by atoms with Crippen LogP contribution in [0.3, 0.4) is 0 Å². The third-order valence-electron chi connectivity index (χ3n) is 4.40. The van der Waals surface area contributed by atoms with Crippen LogP contribution in [0.4, 0.5) is 17.1 Å². The number of nitro benzene ring substituents is 1. The summed E-state index contributed by atoms with van der Waals surface area (Å²) in [6.45, 7) is -0.645. The Morgan fingerprint density at radius 1 is 1.09 bits per heavy atom. The van der Waals surface area contributed by atoms with E-state index in [0.717, 1.165) is 16.4 Å². The number of carbonyl (C=O) groups is 1. The minimum Gasteiger partial charge on any atom is -0.495 e. The first-order valence-electron chi connectivity index (χ1n) is 9.18. The Labute approximate surface area is 189 Å². The largest absolute Gasteiger partial charge is 0.495 e. The molecular formula is C21H18ClN3O6S. The van der Waals surface area contributed by atoms with Crippen molar-refractivity contribution < 1.29 is 22.9 Å². The highest BCUT2D eigenvalue weighted by Gasteiger charge is 2.33. The summed E-state index contributed by atoms with van der Waals surface area (Å²) in [6, 6.07) is 17.4. The van der Waals surface area contributed by atoms with Crippen LogP contribution in [0.5, 0.6) is 5.75 Å². The van der Waals surface area contributed by atoms with Crippen LogP contribution in [-0.4, -0.2) is 32.9 Å². The van der Waals surface area contributed by atoms with E-state index < -0.39 is 38.0 Å². The predicted molar refractivity (Wildman–Crippen MR) is 121 cm³/mol. The zero-order valence-corrected chi connectivity index (χ0v) is 18.3. The molecule has 0 atom stereocenters. The maximum absolute atomic E-state index is 13.4. The molecule has 0 saturated carbocycles. The van der Waals surface area contributed by atoms with Crippen molar-refractivity contribution in [2.45, 2.75) is 4.90 Å². The van der Waals surface area contributed by atoms with Gasteiger partial charge in [0.25, 0.3) is 15.7 Å². The second-order valence-corrected chi connectivity index (χ2v) is 8.73. The molecule has 0 aliphatic heterocycles. The molecule has 1 N–H and O–H groups in total. The normalized spacial score (nSPS) is 10.9. The summed E-state index contributed by atoms with van der Waals surface area (Å²) >= 11 is 5.98. The maximum atomic E-state index is 13.4. The molecule has 166 valence electrons. The summed E-state index contributed by atoms with van der Waals surface area (Å²) in [4.78, 5) is 22.9. The molecule has 0 aliphatic carbocycles. The van der Waals surface area contributed by atoms with Gasteiger partial charge >= 0.3 is 0 Å². The number of hydrogen-bond acceptors (Lipinski definition) is 6. The number of rotatable bonds is 8. The summed E-state index contributed by atoms with van der Waals surface area (Å²) in [5.74, 6) is -0.368. The number of para-hydroxylation sites is 2. The summed E-state index contributed by atoms with van der Waals surface area (Å²) in [6.07, 6.45) is 0. The van der Waals surface area contributed by atoms with Crippen LogP contribution in [0.25, 0.3) is 0 Å². The van der Waals surface area contributed by atoms with Crippen LogP contribution < -0.4 is 14.4 Å². The monoisotopic (exact) mass is 475 g/mol. The van der Waals surface area contributed by atoms with Gasteiger partial charge in [-0.2, -0.15) is 0 Å². The van der Waals surface area contributed by atoms with Crippen LogP contribution in [0.1, 0.15) is 0 Å². The molecule has 9 nitrogen and oxygen atoms in total. The average Bonchev–Trinajstić information content (AvgIpc) is 2.78. The number of carbonyl (C=O) groups excluding carboxylic acids is 1. The number of amides is 1. The minimum atomic E-state index is -4.47. The summed E-state index contributed by atoms with van der Waals surface area (Å²) in [7, 11) is -3.06. The van der Waals surface area contributed by atoms with E-state index >= 15 is 0 Å². The van der Waals surface area contributed by atoms with E-state index in [-0.39, 0.29) is 11.4 Å². The lowest BCUT2D eigenvalue weighted by Gasteiger charge is -2.24. The topological polar surface area (TPSA) is 119 Å². The van der Waals surface area contributed by atoms with E-state index in [1.807, 2.05) is 0 Å². The van der Waals surface area contributed by atoms with Crippen molar-refractivity contribution in [2.24, 2.45) is 0 Å². The van der Waals surface area contributed by atoms with Gasteiger partial charge in [0.1, 0.15) is 12.3 Å². The van der Waals surface area contributed by atoms with Crippen molar-refractivity contribution in [3.63, 3.8) is 0 Å². The van der Waals surface area contributed by atoms with Gasteiger partial charge in [-0.3, -0.25) is 19.2 Å². The molecule has 0 aliphatic rings. The number of nitro groups is 1. The first-order chi connectivity index (χ1) is 15.2. The Balaban J connectivity index is 2.01. The fourth-order valence-electron chi connectivity index (χ4n) is 2.95. The summed E-state index contributed by atoms with van der Waals surface area (Å²) in [5.41, 5.74) is -0.176. The van der Waals surface area contributed by atoms with Crippen LogP contribution >= 0.6 is 11.6 Å². The van der Waals surface area contributed by atoms with E-state index in [1.165, 1.54) is 37.4 Å². The molecule has 11 heteroatoms. The van der Waals surface area contributed by atoms with E-state index in [1.54, 1.807) is 30.3 Å². The number of anilines is 2. The lowest BCUT2D eigenvalue weighted by molar-refractivity contribution is -0.387. The lowest BCUT2D eigenvalue weighted by Crippen LogP contribution is -2.38. The highest BCUT2D eigenvalue weighted by Crippen LogP contribution is 2.31. The van der Waals surface area contributed by atoms with Gasteiger partial charge in [-0.05, 0) is 36.4 Å². The van der Waals surface area contributed by atoms with Gasteiger partial charge in [0.05, 0.1) is 23.4 Å². The van der Waals surface area contributed by atoms with Gasteiger partial charge in [-0.15, -0.1) is 0 Å². The highest BCUT2D eigenvalue weighted by molar-refractivity contribution is 7.93. The van der Waals surface area contributed by atoms with Crippen molar-refractivity contribution >= 4 is 44.6 Å². The molecule has 0 fully saturated rings. The minimum absolute atomic E-state index is 0.166. The van der Waals surface area contributed by atoms with Gasteiger partial charge in [-0.1, -0.05) is 41.9 Å². The molecule has 0 radical (unpaired) electrons. The standard InChI is InChI=1S/C21H18ClN3O6S/c1-31-19-12-11-15(22)13-17(19)23-21(26)14-24(16-7-3-2-4-8-16)32(29,30)20-10-6-5-9-18(20)25(27)28/h2-13H,14H2,1H3,(H,23,26). The van der Waals surface area contributed by atoms with Gasteiger partial charge < -0.3 is 10.1 Å². The molecule has 0 bridgehead atoms. The van der Waals surface area contributed by atoms with Crippen molar-refractivity contribution in [2.75, 3.05) is 23.3 Å². The van der Waals surface area contributed by atoms with Crippen LogP contribution in [0.15, 0.2) is 77.7 Å². The Kier molecular flexibility index (Phi) is 6.96. The molecular weight excluding hydrogens is 458 g/mol. The van der Waals surface area contributed by atoms with Gasteiger partial charge in [0.2, 0.25) is 5.91 Å². The molecule has 0 unspecified atom stereocenters. The summed E-state index contributed by atoms with van der Waals surface area (Å²) in [5, 5.41) is 14.3. The van der Waals surface area contributed by atoms with Crippen molar-refractivity contribution in [3.05, 3.63) is 87.9 Å². The predicted octanol–water partition coefficient (Wildman–Crippen LogP) is 4.09. The molecule has 3 rings (SSSR count). The van der Waals surface area contributed by atoms with Gasteiger partial charge in [0.15, 0.2) is 4.90 Å². The van der Waals surface area contributed by atoms with Gasteiger partial charge in [0, 0.05) is 11.1 Å². The second-order valence-electron chi connectivity index (χ2n) is 6.46. The SMILES string of the molecule is COc1ccc(Cl)cc1NC(=O)CN(c1ccccc1)S(=O)(=O)c1ccccc1[N+](=O)[O-]. The number of halogens is 1. The number of hydrogen-bond donors (Lipinski definition) is 1.